The summed E-state index contributed by atoms with van der Waals surface area (Å²) >= 11 is 0. The predicted molar refractivity (Wildman–Crippen MR) is 68.6 cm³/mol. The van der Waals surface area contributed by atoms with Crippen molar-refractivity contribution in [2.45, 2.75) is 26.7 Å². The van der Waals surface area contributed by atoms with E-state index in [1.165, 1.54) is 5.56 Å². The highest BCUT2D eigenvalue weighted by Gasteiger charge is 2.13. The summed E-state index contributed by atoms with van der Waals surface area (Å²) in [5, 5.41) is 12.8. The summed E-state index contributed by atoms with van der Waals surface area (Å²) < 4.78 is 0. The zero-order chi connectivity index (χ0) is 12.0. The molecule has 16 heavy (non-hydrogen) atoms. The molecule has 0 aliphatic carbocycles. The van der Waals surface area contributed by atoms with Crippen molar-refractivity contribution >= 4 is 0 Å². The monoisotopic (exact) mass is 221 g/mol. The molecule has 0 fully saturated rings. The van der Waals surface area contributed by atoms with Gasteiger partial charge in [-0.2, -0.15) is 0 Å². The van der Waals surface area contributed by atoms with E-state index < -0.39 is 0 Å². The highest BCUT2D eigenvalue weighted by molar-refractivity contribution is 5.19. The minimum absolute atomic E-state index is 0.196. The summed E-state index contributed by atoms with van der Waals surface area (Å²) in [4.78, 5) is 0. The van der Waals surface area contributed by atoms with Crippen molar-refractivity contribution in [1.82, 2.24) is 5.32 Å². The Labute approximate surface area is 98.7 Å². The molecule has 2 nitrogen and oxygen atoms in total. The quantitative estimate of drug-likeness (QED) is 0.800. The SMILES string of the molecule is CC(C)(C)CNCC(CO)c1ccccc1. The second-order valence-electron chi connectivity index (χ2n) is 5.48. The van der Waals surface area contributed by atoms with Gasteiger partial charge in [-0.15, -0.1) is 0 Å². The Bertz CT molecular complexity index is 289. The zero-order valence-electron chi connectivity index (χ0n) is 10.5. The number of aliphatic hydroxyl groups is 1. The van der Waals surface area contributed by atoms with Crippen LogP contribution in [0.2, 0.25) is 0 Å². The van der Waals surface area contributed by atoms with Crippen molar-refractivity contribution in [3.8, 4) is 0 Å². The number of rotatable bonds is 5. The van der Waals surface area contributed by atoms with Gasteiger partial charge in [0.25, 0.3) is 0 Å². The van der Waals surface area contributed by atoms with E-state index in [-0.39, 0.29) is 17.9 Å². The molecule has 2 N–H and O–H groups in total. The third-order valence-electron chi connectivity index (χ3n) is 2.54. The van der Waals surface area contributed by atoms with Crippen LogP contribution in [0.4, 0.5) is 0 Å². The van der Waals surface area contributed by atoms with Crippen LogP contribution in [-0.2, 0) is 0 Å². The molecule has 90 valence electrons. The summed E-state index contributed by atoms with van der Waals surface area (Å²) in [7, 11) is 0. The lowest BCUT2D eigenvalue weighted by molar-refractivity contribution is 0.256. The number of hydrogen-bond donors (Lipinski definition) is 2. The first-order valence-electron chi connectivity index (χ1n) is 5.89. The fourth-order valence-electron chi connectivity index (χ4n) is 1.63. The van der Waals surface area contributed by atoms with Crippen LogP contribution in [0, 0.1) is 5.41 Å². The van der Waals surface area contributed by atoms with E-state index in [1.54, 1.807) is 0 Å². The van der Waals surface area contributed by atoms with Gasteiger partial charge in [0, 0.05) is 19.0 Å². The van der Waals surface area contributed by atoms with Crippen molar-refractivity contribution in [1.29, 1.82) is 0 Å². The Kier molecular flexibility index (Phi) is 4.97. The van der Waals surface area contributed by atoms with Crippen LogP contribution in [0.3, 0.4) is 0 Å². The topological polar surface area (TPSA) is 32.3 Å². The molecular formula is C14H23NO. The van der Waals surface area contributed by atoms with Crippen molar-refractivity contribution in [3.63, 3.8) is 0 Å². The van der Waals surface area contributed by atoms with E-state index in [0.717, 1.165) is 13.1 Å². The molecule has 0 heterocycles. The molecule has 0 amide bonds. The Hall–Kier alpha value is -0.860. The van der Waals surface area contributed by atoms with Crippen molar-refractivity contribution < 1.29 is 5.11 Å². The van der Waals surface area contributed by atoms with E-state index >= 15 is 0 Å². The smallest absolute Gasteiger partial charge is 0.0511 e. The fourth-order valence-corrected chi connectivity index (χ4v) is 1.63. The average molecular weight is 221 g/mol. The minimum Gasteiger partial charge on any atom is -0.396 e. The molecule has 0 saturated carbocycles. The second-order valence-corrected chi connectivity index (χ2v) is 5.48. The van der Waals surface area contributed by atoms with Crippen LogP contribution < -0.4 is 5.32 Å². The molecule has 1 unspecified atom stereocenters. The van der Waals surface area contributed by atoms with Crippen LogP contribution >= 0.6 is 0 Å². The Balaban J connectivity index is 2.45. The molecule has 0 spiro atoms. The van der Waals surface area contributed by atoms with Gasteiger partial charge >= 0.3 is 0 Å². The second kappa shape index (κ2) is 6.02. The molecule has 1 aromatic carbocycles. The third kappa shape index (κ3) is 4.77. The molecule has 1 aromatic rings. The van der Waals surface area contributed by atoms with Gasteiger partial charge < -0.3 is 10.4 Å². The van der Waals surface area contributed by atoms with E-state index in [9.17, 15) is 5.11 Å². The van der Waals surface area contributed by atoms with Gasteiger partial charge in [0.1, 0.15) is 0 Å². The largest absolute Gasteiger partial charge is 0.396 e. The maximum Gasteiger partial charge on any atom is 0.0511 e. The molecule has 1 rings (SSSR count). The Morgan fingerprint density at radius 1 is 1.19 bits per heavy atom. The molecule has 0 saturated heterocycles. The van der Waals surface area contributed by atoms with Gasteiger partial charge in [-0.1, -0.05) is 51.1 Å². The number of benzene rings is 1. The van der Waals surface area contributed by atoms with Crippen molar-refractivity contribution in [3.05, 3.63) is 35.9 Å². The number of aliphatic hydroxyl groups excluding tert-OH is 1. The van der Waals surface area contributed by atoms with E-state index in [0.29, 0.717) is 0 Å². The van der Waals surface area contributed by atoms with Crippen LogP contribution in [0.25, 0.3) is 0 Å². The highest BCUT2D eigenvalue weighted by atomic mass is 16.3. The van der Waals surface area contributed by atoms with Gasteiger partial charge in [-0.3, -0.25) is 0 Å². The van der Waals surface area contributed by atoms with E-state index in [1.807, 2.05) is 18.2 Å². The first-order chi connectivity index (χ1) is 7.53. The molecule has 0 bridgehead atoms. The maximum absolute atomic E-state index is 9.37. The molecule has 1 atom stereocenters. The summed E-state index contributed by atoms with van der Waals surface area (Å²) in [5.41, 5.74) is 1.49. The summed E-state index contributed by atoms with van der Waals surface area (Å²) in [5.74, 6) is 0.198. The first kappa shape index (κ1) is 13.2. The van der Waals surface area contributed by atoms with Crippen molar-refractivity contribution in [2.24, 2.45) is 5.41 Å². The van der Waals surface area contributed by atoms with Gasteiger partial charge in [0.15, 0.2) is 0 Å². The molecule has 2 heteroatoms. The highest BCUT2D eigenvalue weighted by Crippen LogP contribution is 2.15. The standard InChI is InChI=1S/C14H23NO/c1-14(2,3)11-15-9-13(10-16)12-7-5-4-6-8-12/h4-8,13,15-16H,9-11H2,1-3H3. The lowest BCUT2D eigenvalue weighted by Gasteiger charge is -2.21. The average Bonchev–Trinajstić information content (AvgIpc) is 2.24. The lowest BCUT2D eigenvalue weighted by Crippen LogP contribution is -2.31. The lowest BCUT2D eigenvalue weighted by atomic mass is 9.95. The molecular weight excluding hydrogens is 198 g/mol. The number of nitrogens with one attached hydrogen (secondary N) is 1. The molecule has 0 aliphatic heterocycles. The molecule has 0 aromatic heterocycles. The normalized spacial score (nSPS) is 13.8. The maximum atomic E-state index is 9.37. The molecule has 0 aliphatic rings. The van der Waals surface area contributed by atoms with Gasteiger partial charge in [-0.25, -0.2) is 0 Å². The van der Waals surface area contributed by atoms with Crippen LogP contribution in [0.1, 0.15) is 32.3 Å². The summed E-state index contributed by atoms with van der Waals surface area (Å²) in [6.07, 6.45) is 0. The summed E-state index contributed by atoms with van der Waals surface area (Å²) in [6.45, 7) is 8.61. The third-order valence-corrected chi connectivity index (χ3v) is 2.54. The predicted octanol–water partition coefficient (Wildman–Crippen LogP) is 2.40. The van der Waals surface area contributed by atoms with E-state index in [2.05, 4.69) is 38.2 Å². The van der Waals surface area contributed by atoms with Crippen molar-refractivity contribution in [2.75, 3.05) is 19.7 Å². The summed E-state index contributed by atoms with van der Waals surface area (Å²) in [6, 6.07) is 10.2. The van der Waals surface area contributed by atoms with Gasteiger partial charge in [0.05, 0.1) is 6.61 Å². The number of hydrogen-bond acceptors (Lipinski definition) is 2. The van der Waals surface area contributed by atoms with Gasteiger partial charge in [-0.05, 0) is 11.0 Å². The first-order valence-corrected chi connectivity index (χ1v) is 5.89. The van der Waals surface area contributed by atoms with Crippen LogP contribution in [-0.4, -0.2) is 24.8 Å². The van der Waals surface area contributed by atoms with Crippen LogP contribution in [0.5, 0.6) is 0 Å². The Morgan fingerprint density at radius 3 is 2.31 bits per heavy atom. The van der Waals surface area contributed by atoms with Gasteiger partial charge in [0.2, 0.25) is 0 Å². The minimum atomic E-state index is 0.196. The fraction of sp³-hybridized carbons (Fsp3) is 0.571. The zero-order valence-corrected chi connectivity index (χ0v) is 10.5. The Morgan fingerprint density at radius 2 is 1.81 bits per heavy atom. The van der Waals surface area contributed by atoms with E-state index in [4.69, 9.17) is 0 Å². The van der Waals surface area contributed by atoms with Crippen LogP contribution in [0.15, 0.2) is 30.3 Å². The molecule has 0 radical (unpaired) electrons.